The maximum absolute atomic E-state index is 13.5. The number of benzene rings is 2. The zero-order valence-corrected chi connectivity index (χ0v) is 15.1. The number of fused-ring (bicyclic) bond motifs is 1. The van der Waals surface area contributed by atoms with Crippen LogP contribution in [0.15, 0.2) is 73.1 Å². The number of nitrogens with one attached hydrogen (secondary N) is 2. The van der Waals surface area contributed by atoms with Crippen LogP contribution >= 0.6 is 0 Å². The summed E-state index contributed by atoms with van der Waals surface area (Å²) in [4.78, 5) is 20.5. The van der Waals surface area contributed by atoms with Gasteiger partial charge in [-0.05, 0) is 29.8 Å². The molecule has 5 nitrogen and oxygen atoms in total. The number of pyridine rings is 1. The Morgan fingerprint density at radius 2 is 1.96 bits per heavy atom. The molecule has 0 saturated heterocycles. The number of aromatic nitrogens is 2. The van der Waals surface area contributed by atoms with Crippen molar-refractivity contribution >= 4 is 22.4 Å². The Kier molecular flexibility index (Phi) is 4.76. The average Bonchev–Trinajstić information content (AvgIpc) is 3.15. The second kappa shape index (κ2) is 7.52. The lowest BCUT2D eigenvalue weighted by molar-refractivity contribution is 0.0971. The fourth-order valence-electron chi connectivity index (χ4n) is 3.18. The Morgan fingerprint density at radius 1 is 1.14 bits per heavy atom. The monoisotopic (exact) mass is 375 g/mol. The van der Waals surface area contributed by atoms with E-state index in [1.54, 1.807) is 30.6 Å². The Bertz CT molecular complexity index is 1130. The van der Waals surface area contributed by atoms with Gasteiger partial charge in [0.25, 0.3) is 0 Å². The number of ether oxygens (including phenoxy) is 1. The summed E-state index contributed by atoms with van der Waals surface area (Å²) in [5.41, 5.74) is 2.61. The number of H-pyrrole nitrogens is 1. The van der Waals surface area contributed by atoms with Crippen LogP contribution in [-0.4, -0.2) is 22.9 Å². The number of carbonyl (C=O) groups excluding carboxylic acids is 1. The van der Waals surface area contributed by atoms with E-state index in [0.29, 0.717) is 28.0 Å². The van der Waals surface area contributed by atoms with E-state index in [-0.39, 0.29) is 11.6 Å². The molecule has 0 spiro atoms. The highest BCUT2D eigenvalue weighted by atomic mass is 19.1. The molecule has 2 aromatic heterocycles. The summed E-state index contributed by atoms with van der Waals surface area (Å²) >= 11 is 0. The first-order chi connectivity index (χ1) is 13.7. The molecule has 2 aromatic carbocycles. The number of halogens is 1. The van der Waals surface area contributed by atoms with Gasteiger partial charge in [0.1, 0.15) is 11.9 Å². The minimum Gasteiger partial charge on any atom is -0.481 e. The Hall–Kier alpha value is -3.67. The maximum atomic E-state index is 13.5. The third-order valence-electron chi connectivity index (χ3n) is 4.56. The van der Waals surface area contributed by atoms with E-state index in [0.717, 1.165) is 5.56 Å². The minimum atomic E-state index is -0.627. The van der Waals surface area contributed by atoms with Gasteiger partial charge in [-0.15, -0.1) is 0 Å². The largest absolute Gasteiger partial charge is 0.481 e. The molecule has 2 heterocycles. The molecule has 0 radical (unpaired) electrons. The van der Waals surface area contributed by atoms with Crippen LogP contribution in [0.25, 0.3) is 10.9 Å². The standard InChI is InChI=1S/C22H18FN3O2/c1-28-20-12-16(9-10-24-20)26-21(14-5-3-2-4-6-14)22(27)18-13-25-19-11-15(23)7-8-17(18)19/h2-13,21,25H,1H3,(H,24,26). The van der Waals surface area contributed by atoms with Crippen LogP contribution in [0.1, 0.15) is 22.0 Å². The van der Waals surface area contributed by atoms with E-state index in [4.69, 9.17) is 4.74 Å². The molecule has 1 atom stereocenters. The third kappa shape index (κ3) is 3.44. The molecule has 6 heteroatoms. The summed E-state index contributed by atoms with van der Waals surface area (Å²) in [6, 6.07) is 16.7. The van der Waals surface area contributed by atoms with Gasteiger partial charge in [-0.1, -0.05) is 30.3 Å². The molecule has 0 amide bonds. The highest BCUT2D eigenvalue weighted by Gasteiger charge is 2.24. The zero-order valence-electron chi connectivity index (χ0n) is 15.1. The molecule has 1 unspecified atom stereocenters. The first kappa shape index (κ1) is 17.7. The molecule has 0 saturated carbocycles. The predicted molar refractivity (Wildman–Crippen MR) is 106 cm³/mol. The fraction of sp³-hybridized carbons (Fsp3) is 0.0909. The number of methoxy groups -OCH3 is 1. The molecule has 4 aromatic rings. The van der Waals surface area contributed by atoms with Crippen molar-refractivity contribution in [1.82, 2.24) is 9.97 Å². The van der Waals surface area contributed by atoms with Crippen molar-refractivity contribution in [2.24, 2.45) is 0 Å². The number of Topliss-reactive ketones (excluding diaryl/α,β-unsaturated/α-hetero) is 1. The van der Waals surface area contributed by atoms with E-state index in [1.165, 1.54) is 19.2 Å². The van der Waals surface area contributed by atoms with Crippen molar-refractivity contribution in [3.63, 3.8) is 0 Å². The van der Waals surface area contributed by atoms with Crippen LogP contribution in [0.5, 0.6) is 5.88 Å². The van der Waals surface area contributed by atoms with Gasteiger partial charge in [-0.25, -0.2) is 9.37 Å². The number of rotatable bonds is 6. The highest BCUT2D eigenvalue weighted by Crippen LogP contribution is 2.28. The van der Waals surface area contributed by atoms with E-state index >= 15 is 0 Å². The van der Waals surface area contributed by atoms with E-state index in [1.807, 2.05) is 30.3 Å². The van der Waals surface area contributed by atoms with Gasteiger partial charge in [0.15, 0.2) is 5.78 Å². The van der Waals surface area contributed by atoms with Crippen molar-refractivity contribution in [3.05, 3.63) is 90.0 Å². The fourth-order valence-corrected chi connectivity index (χ4v) is 3.18. The average molecular weight is 375 g/mol. The molecule has 0 aliphatic carbocycles. The molecule has 0 bridgehead atoms. The van der Waals surface area contributed by atoms with Crippen LogP contribution in [0.2, 0.25) is 0 Å². The molecule has 4 rings (SSSR count). The number of nitrogens with zero attached hydrogens (tertiary/aromatic N) is 1. The summed E-state index contributed by atoms with van der Waals surface area (Å²) in [5.74, 6) is -0.0263. The quantitative estimate of drug-likeness (QED) is 0.478. The number of ketones is 1. The van der Waals surface area contributed by atoms with Gasteiger partial charge >= 0.3 is 0 Å². The molecule has 0 fully saturated rings. The highest BCUT2D eigenvalue weighted by molar-refractivity contribution is 6.11. The molecular weight excluding hydrogens is 357 g/mol. The van der Waals surface area contributed by atoms with E-state index in [2.05, 4.69) is 15.3 Å². The normalized spacial score (nSPS) is 11.9. The number of aromatic amines is 1. The van der Waals surface area contributed by atoms with Gasteiger partial charge in [-0.3, -0.25) is 4.79 Å². The van der Waals surface area contributed by atoms with Gasteiger partial charge in [0.2, 0.25) is 5.88 Å². The van der Waals surface area contributed by atoms with Gasteiger partial charge in [0, 0.05) is 40.6 Å². The Morgan fingerprint density at radius 3 is 2.75 bits per heavy atom. The first-order valence-electron chi connectivity index (χ1n) is 8.78. The maximum Gasteiger partial charge on any atom is 0.214 e. The lowest BCUT2D eigenvalue weighted by atomic mass is 9.96. The third-order valence-corrected chi connectivity index (χ3v) is 4.56. The number of hydrogen-bond donors (Lipinski definition) is 2. The van der Waals surface area contributed by atoms with Crippen LogP contribution in [0, 0.1) is 5.82 Å². The molecular formula is C22H18FN3O2. The van der Waals surface area contributed by atoms with Crippen LogP contribution in [-0.2, 0) is 0 Å². The van der Waals surface area contributed by atoms with E-state index < -0.39 is 6.04 Å². The first-order valence-corrected chi connectivity index (χ1v) is 8.78. The van der Waals surface area contributed by atoms with Crippen molar-refractivity contribution in [2.75, 3.05) is 12.4 Å². The smallest absolute Gasteiger partial charge is 0.214 e. The molecule has 0 aliphatic heterocycles. The number of anilines is 1. The summed E-state index contributed by atoms with van der Waals surface area (Å²) in [5, 5.41) is 3.96. The second-order valence-electron chi connectivity index (χ2n) is 6.33. The van der Waals surface area contributed by atoms with Gasteiger partial charge in [0.05, 0.1) is 7.11 Å². The molecule has 2 N–H and O–H groups in total. The SMILES string of the molecule is COc1cc(NC(C(=O)c2c[nH]c3cc(F)ccc23)c2ccccc2)ccn1. The van der Waals surface area contributed by atoms with E-state index in [9.17, 15) is 9.18 Å². The van der Waals surface area contributed by atoms with Gasteiger partial charge < -0.3 is 15.0 Å². The summed E-state index contributed by atoms with van der Waals surface area (Å²) in [6.07, 6.45) is 3.24. The van der Waals surface area contributed by atoms with Gasteiger partial charge in [-0.2, -0.15) is 0 Å². The topological polar surface area (TPSA) is 67.0 Å². The van der Waals surface area contributed by atoms with Crippen LogP contribution in [0.4, 0.5) is 10.1 Å². The molecule has 140 valence electrons. The summed E-state index contributed by atoms with van der Waals surface area (Å²) < 4.78 is 18.7. The number of hydrogen-bond acceptors (Lipinski definition) is 4. The summed E-state index contributed by atoms with van der Waals surface area (Å²) in [7, 11) is 1.54. The lowest BCUT2D eigenvalue weighted by Crippen LogP contribution is -2.21. The zero-order chi connectivity index (χ0) is 19.5. The van der Waals surface area contributed by atoms with Crippen molar-refractivity contribution in [2.45, 2.75) is 6.04 Å². The predicted octanol–water partition coefficient (Wildman–Crippen LogP) is 4.75. The van der Waals surface area contributed by atoms with Crippen molar-refractivity contribution in [3.8, 4) is 5.88 Å². The second-order valence-corrected chi connectivity index (χ2v) is 6.33. The van der Waals surface area contributed by atoms with Crippen LogP contribution < -0.4 is 10.1 Å². The Balaban J connectivity index is 1.75. The molecule has 28 heavy (non-hydrogen) atoms. The molecule has 0 aliphatic rings. The van der Waals surface area contributed by atoms with Crippen LogP contribution in [0.3, 0.4) is 0 Å². The minimum absolute atomic E-state index is 0.125. The van der Waals surface area contributed by atoms with Crippen molar-refractivity contribution in [1.29, 1.82) is 0 Å². The lowest BCUT2D eigenvalue weighted by Gasteiger charge is -2.19. The van der Waals surface area contributed by atoms with Crippen molar-refractivity contribution < 1.29 is 13.9 Å². The number of carbonyl (C=O) groups is 1. The summed E-state index contributed by atoms with van der Waals surface area (Å²) in [6.45, 7) is 0. The Labute approximate surface area is 161 Å².